The van der Waals surface area contributed by atoms with Crippen molar-refractivity contribution in [1.82, 2.24) is 5.32 Å². The Morgan fingerprint density at radius 3 is 2.54 bits per heavy atom. The number of alkyl halides is 2. The lowest BCUT2D eigenvalue weighted by atomic mass is 10.1. The number of nitrogens with one attached hydrogen (secondary N) is 2. The van der Waals surface area contributed by atoms with Crippen LogP contribution in [0.2, 0.25) is 0 Å². The van der Waals surface area contributed by atoms with Crippen LogP contribution < -0.4 is 15.4 Å². The Labute approximate surface area is 160 Å². The minimum absolute atomic E-state index is 0.0136. The van der Waals surface area contributed by atoms with Crippen LogP contribution in [-0.2, 0) is 4.74 Å². The maximum absolute atomic E-state index is 12.5. The standard InChI is InChI=1S/C20H20F2N2O4/c21-20(22)28-14-9-7-13(8-10-14)18(25)24-17-6-2-1-5-16(17)19(26)23-12-15-4-3-11-27-15/h1-2,5-10,15,20H,3-4,11-12H2,(H,23,26)(H,24,25). The zero-order valence-electron chi connectivity index (χ0n) is 15.0. The first-order chi connectivity index (χ1) is 13.5. The molecule has 0 spiro atoms. The molecule has 1 aliphatic rings. The van der Waals surface area contributed by atoms with Crippen molar-refractivity contribution < 1.29 is 27.8 Å². The molecular weight excluding hydrogens is 370 g/mol. The second-order valence-corrected chi connectivity index (χ2v) is 6.25. The van der Waals surface area contributed by atoms with E-state index in [1.54, 1.807) is 24.3 Å². The number of amides is 2. The van der Waals surface area contributed by atoms with Gasteiger partial charge in [-0.05, 0) is 49.2 Å². The first kappa shape index (κ1) is 19.8. The number of carbonyl (C=O) groups is 2. The molecule has 1 aliphatic heterocycles. The molecule has 0 aromatic heterocycles. The van der Waals surface area contributed by atoms with E-state index in [0.717, 1.165) is 12.8 Å². The summed E-state index contributed by atoms with van der Waals surface area (Å²) >= 11 is 0. The third-order valence-corrected chi connectivity index (χ3v) is 4.28. The zero-order valence-corrected chi connectivity index (χ0v) is 15.0. The molecular formula is C20H20F2N2O4. The molecule has 148 valence electrons. The van der Waals surface area contributed by atoms with Crippen molar-refractivity contribution in [2.45, 2.75) is 25.6 Å². The maximum atomic E-state index is 12.5. The lowest BCUT2D eigenvalue weighted by Gasteiger charge is -2.14. The number of ether oxygens (including phenoxy) is 2. The molecule has 1 fully saturated rings. The largest absolute Gasteiger partial charge is 0.435 e. The lowest BCUT2D eigenvalue weighted by molar-refractivity contribution is -0.0498. The number of hydrogen-bond acceptors (Lipinski definition) is 4. The molecule has 2 aromatic carbocycles. The van der Waals surface area contributed by atoms with Gasteiger partial charge in [0.1, 0.15) is 5.75 Å². The summed E-state index contributed by atoms with van der Waals surface area (Å²) in [6.07, 6.45) is 1.90. The fraction of sp³-hybridized carbons (Fsp3) is 0.300. The molecule has 1 unspecified atom stereocenters. The number of hydrogen-bond donors (Lipinski definition) is 2. The lowest BCUT2D eigenvalue weighted by Crippen LogP contribution is -2.32. The Kier molecular flexibility index (Phi) is 6.54. The highest BCUT2D eigenvalue weighted by molar-refractivity contribution is 6.09. The summed E-state index contributed by atoms with van der Waals surface area (Å²) < 4.78 is 34.1. The van der Waals surface area contributed by atoms with Gasteiger partial charge in [-0.2, -0.15) is 8.78 Å². The van der Waals surface area contributed by atoms with E-state index in [4.69, 9.17) is 4.74 Å². The molecule has 6 nitrogen and oxygen atoms in total. The molecule has 0 radical (unpaired) electrons. The highest BCUT2D eigenvalue weighted by Gasteiger charge is 2.18. The van der Waals surface area contributed by atoms with Crippen LogP contribution in [-0.4, -0.2) is 37.7 Å². The summed E-state index contributed by atoms with van der Waals surface area (Å²) in [5, 5.41) is 5.49. The van der Waals surface area contributed by atoms with Gasteiger partial charge < -0.3 is 20.1 Å². The number of carbonyl (C=O) groups excluding carboxylic acids is 2. The quantitative estimate of drug-likeness (QED) is 0.759. The molecule has 8 heteroatoms. The molecule has 2 amide bonds. The van der Waals surface area contributed by atoms with E-state index in [-0.39, 0.29) is 23.3 Å². The third kappa shape index (κ3) is 5.26. The van der Waals surface area contributed by atoms with Gasteiger partial charge in [0, 0.05) is 18.7 Å². The second kappa shape index (κ2) is 9.27. The van der Waals surface area contributed by atoms with Crippen LogP contribution in [0, 0.1) is 0 Å². The van der Waals surface area contributed by atoms with Crippen LogP contribution in [0.4, 0.5) is 14.5 Å². The van der Waals surface area contributed by atoms with Gasteiger partial charge in [0.25, 0.3) is 11.8 Å². The number of halogens is 2. The molecule has 3 rings (SSSR count). The van der Waals surface area contributed by atoms with E-state index < -0.39 is 12.5 Å². The van der Waals surface area contributed by atoms with E-state index in [0.29, 0.717) is 24.4 Å². The number of anilines is 1. The molecule has 0 saturated carbocycles. The minimum atomic E-state index is -2.93. The third-order valence-electron chi connectivity index (χ3n) is 4.28. The summed E-state index contributed by atoms with van der Waals surface area (Å²) in [6.45, 7) is -1.82. The van der Waals surface area contributed by atoms with Crippen molar-refractivity contribution in [3.05, 3.63) is 59.7 Å². The Hall–Kier alpha value is -3.00. The highest BCUT2D eigenvalue weighted by Crippen LogP contribution is 2.19. The van der Waals surface area contributed by atoms with E-state index in [1.807, 2.05) is 0 Å². The van der Waals surface area contributed by atoms with Crippen LogP contribution in [0.1, 0.15) is 33.6 Å². The zero-order chi connectivity index (χ0) is 19.9. The van der Waals surface area contributed by atoms with Gasteiger partial charge in [-0.3, -0.25) is 9.59 Å². The normalized spacial score (nSPS) is 16.0. The molecule has 2 aromatic rings. The van der Waals surface area contributed by atoms with Gasteiger partial charge in [-0.25, -0.2) is 0 Å². The van der Waals surface area contributed by atoms with Crippen LogP contribution in [0.25, 0.3) is 0 Å². The van der Waals surface area contributed by atoms with Crippen molar-refractivity contribution in [3.63, 3.8) is 0 Å². The van der Waals surface area contributed by atoms with Gasteiger partial charge in [0.2, 0.25) is 0 Å². The van der Waals surface area contributed by atoms with Crippen molar-refractivity contribution in [2.75, 3.05) is 18.5 Å². The number of rotatable bonds is 7. The van der Waals surface area contributed by atoms with Crippen molar-refractivity contribution in [3.8, 4) is 5.75 Å². The van der Waals surface area contributed by atoms with E-state index in [9.17, 15) is 18.4 Å². The van der Waals surface area contributed by atoms with E-state index in [1.165, 1.54) is 24.3 Å². The smallest absolute Gasteiger partial charge is 0.387 e. The molecule has 1 atom stereocenters. The molecule has 0 aliphatic carbocycles. The average molecular weight is 390 g/mol. The summed E-state index contributed by atoms with van der Waals surface area (Å²) in [5.41, 5.74) is 0.924. The topological polar surface area (TPSA) is 76.7 Å². The molecule has 1 heterocycles. The van der Waals surface area contributed by atoms with Gasteiger partial charge in [0.05, 0.1) is 17.4 Å². The Bertz CT molecular complexity index is 821. The molecule has 1 saturated heterocycles. The molecule has 2 N–H and O–H groups in total. The fourth-order valence-electron chi connectivity index (χ4n) is 2.88. The van der Waals surface area contributed by atoms with Gasteiger partial charge in [0.15, 0.2) is 0 Å². The number of benzene rings is 2. The molecule has 28 heavy (non-hydrogen) atoms. The van der Waals surface area contributed by atoms with Gasteiger partial charge in [-0.1, -0.05) is 12.1 Å². The Morgan fingerprint density at radius 2 is 1.86 bits per heavy atom. The van der Waals surface area contributed by atoms with Crippen molar-refractivity contribution in [1.29, 1.82) is 0 Å². The highest BCUT2D eigenvalue weighted by atomic mass is 19.3. The van der Waals surface area contributed by atoms with Crippen molar-refractivity contribution in [2.24, 2.45) is 0 Å². The summed E-state index contributed by atoms with van der Waals surface area (Å²) in [4.78, 5) is 24.9. The minimum Gasteiger partial charge on any atom is -0.435 e. The van der Waals surface area contributed by atoms with Gasteiger partial charge >= 0.3 is 6.61 Å². The average Bonchev–Trinajstić information content (AvgIpc) is 3.20. The summed E-state index contributed by atoms with van der Waals surface area (Å²) in [6, 6.07) is 11.9. The predicted molar refractivity (Wildman–Crippen MR) is 98.8 cm³/mol. The van der Waals surface area contributed by atoms with Crippen LogP contribution in [0.15, 0.2) is 48.5 Å². The Morgan fingerprint density at radius 1 is 1.11 bits per heavy atom. The molecule has 0 bridgehead atoms. The fourth-order valence-corrected chi connectivity index (χ4v) is 2.88. The first-order valence-electron chi connectivity index (χ1n) is 8.88. The van der Waals surface area contributed by atoms with Crippen LogP contribution in [0.5, 0.6) is 5.75 Å². The maximum Gasteiger partial charge on any atom is 0.387 e. The van der Waals surface area contributed by atoms with E-state index >= 15 is 0 Å². The SMILES string of the molecule is O=C(Nc1ccccc1C(=O)NCC1CCCO1)c1ccc(OC(F)F)cc1. The predicted octanol–water partition coefficient (Wildman–Crippen LogP) is 3.45. The second-order valence-electron chi connectivity index (χ2n) is 6.25. The van der Waals surface area contributed by atoms with Crippen LogP contribution in [0.3, 0.4) is 0 Å². The summed E-state index contributed by atoms with van der Waals surface area (Å²) in [7, 11) is 0. The van der Waals surface area contributed by atoms with Crippen molar-refractivity contribution >= 4 is 17.5 Å². The van der Waals surface area contributed by atoms with Gasteiger partial charge in [-0.15, -0.1) is 0 Å². The Balaban J connectivity index is 1.64. The number of para-hydroxylation sites is 1. The van der Waals surface area contributed by atoms with E-state index in [2.05, 4.69) is 15.4 Å². The monoisotopic (exact) mass is 390 g/mol. The van der Waals surface area contributed by atoms with Crippen LogP contribution >= 0.6 is 0 Å². The summed E-state index contributed by atoms with van der Waals surface area (Å²) in [5.74, 6) is -0.824. The first-order valence-corrected chi connectivity index (χ1v) is 8.88.